The van der Waals surface area contributed by atoms with E-state index in [-0.39, 0.29) is 23.4 Å². The van der Waals surface area contributed by atoms with Gasteiger partial charge in [0.15, 0.2) is 0 Å². The summed E-state index contributed by atoms with van der Waals surface area (Å²) in [6.45, 7) is 0.747. The van der Waals surface area contributed by atoms with Gasteiger partial charge in [0.2, 0.25) is 5.91 Å². The van der Waals surface area contributed by atoms with Gasteiger partial charge in [-0.2, -0.15) is 0 Å². The molecule has 0 saturated carbocycles. The normalized spacial score (nSPS) is 14.9. The van der Waals surface area contributed by atoms with E-state index in [1.54, 1.807) is 35.2 Å². The molecule has 3 rings (SSSR count). The van der Waals surface area contributed by atoms with E-state index in [0.717, 1.165) is 0 Å². The third-order valence-electron chi connectivity index (χ3n) is 3.81. The van der Waals surface area contributed by atoms with Crippen molar-refractivity contribution < 1.29 is 9.59 Å². The van der Waals surface area contributed by atoms with Crippen LogP contribution < -0.4 is 4.90 Å². The number of piperazine rings is 1. The van der Waals surface area contributed by atoms with E-state index in [1.165, 1.54) is 11.0 Å². The zero-order chi connectivity index (χ0) is 17.3. The molecule has 2 amide bonds. The molecule has 1 fully saturated rings. The second kappa shape index (κ2) is 7.01. The van der Waals surface area contributed by atoms with Crippen LogP contribution in [0, 0.1) is 0 Å². The largest absolute Gasteiger partial charge is 0.327 e. The maximum absolute atomic E-state index is 12.6. The smallest absolute Gasteiger partial charge is 0.255 e. The number of benzene rings is 2. The van der Waals surface area contributed by atoms with Crippen LogP contribution >= 0.6 is 34.8 Å². The number of carbonyl (C=O) groups excluding carboxylic acids is 2. The molecule has 0 bridgehead atoms. The average Bonchev–Trinajstić information content (AvgIpc) is 2.55. The molecule has 1 aliphatic heterocycles. The van der Waals surface area contributed by atoms with Crippen molar-refractivity contribution in [2.24, 2.45) is 0 Å². The first-order valence-corrected chi connectivity index (χ1v) is 8.40. The van der Waals surface area contributed by atoms with Gasteiger partial charge in [-0.15, -0.1) is 0 Å². The minimum absolute atomic E-state index is 0.0248. The molecule has 0 aromatic heterocycles. The fourth-order valence-electron chi connectivity index (χ4n) is 2.61. The molecule has 124 valence electrons. The lowest BCUT2D eigenvalue weighted by Crippen LogP contribution is -2.52. The number of anilines is 1. The molecule has 0 unspecified atom stereocenters. The predicted molar refractivity (Wildman–Crippen MR) is 96.2 cm³/mol. The van der Waals surface area contributed by atoms with Gasteiger partial charge in [0, 0.05) is 18.1 Å². The first-order chi connectivity index (χ1) is 11.5. The average molecular weight is 384 g/mol. The van der Waals surface area contributed by atoms with Crippen LogP contribution in [0.5, 0.6) is 0 Å². The number of para-hydroxylation sites is 1. The lowest BCUT2D eigenvalue weighted by Gasteiger charge is -2.34. The Balaban J connectivity index is 1.77. The Morgan fingerprint density at radius 1 is 0.958 bits per heavy atom. The zero-order valence-corrected chi connectivity index (χ0v) is 14.8. The van der Waals surface area contributed by atoms with E-state index in [1.807, 2.05) is 6.07 Å². The van der Waals surface area contributed by atoms with E-state index in [4.69, 9.17) is 34.8 Å². The van der Waals surface area contributed by atoms with Gasteiger partial charge in [0.05, 0.1) is 21.3 Å². The molecule has 24 heavy (non-hydrogen) atoms. The molecule has 0 radical (unpaired) electrons. The van der Waals surface area contributed by atoms with Crippen molar-refractivity contribution in [2.75, 3.05) is 24.5 Å². The van der Waals surface area contributed by atoms with Crippen LogP contribution in [0.2, 0.25) is 15.1 Å². The molecule has 0 atom stereocenters. The van der Waals surface area contributed by atoms with Crippen molar-refractivity contribution >= 4 is 52.3 Å². The Bertz CT molecular complexity index is 810. The summed E-state index contributed by atoms with van der Waals surface area (Å²) >= 11 is 18.1. The number of hydrogen-bond donors (Lipinski definition) is 0. The van der Waals surface area contributed by atoms with Crippen LogP contribution in [-0.4, -0.2) is 36.3 Å². The first-order valence-electron chi connectivity index (χ1n) is 7.26. The quantitative estimate of drug-likeness (QED) is 0.782. The lowest BCUT2D eigenvalue weighted by atomic mass is 10.1. The van der Waals surface area contributed by atoms with Crippen molar-refractivity contribution in [1.82, 2.24) is 4.90 Å². The highest BCUT2D eigenvalue weighted by atomic mass is 35.5. The fourth-order valence-corrected chi connectivity index (χ4v) is 3.33. The summed E-state index contributed by atoms with van der Waals surface area (Å²) in [7, 11) is 0. The van der Waals surface area contributed by atoms with Gasteiger partial charge < -0.3 is 9.80 Å². The van der Waals surface area contributed by atoms with Gasteiger partial charge in [-0.25, -0.2) is 0 Å². The maximum atomic E-state index is 12.6. The van der Waals surface area contributed by atoms with Crippen molar-refractivity contribution in [3.05, 3.63) is 63.1 Å². The van der Waals surface area contributed by atoms with Gasteiger partial charge in [0.25, 0.3) is 5.91 Å². The monoisotopic (exact) mass is 382 g/mol. The number of hydrogen-bond acceptors (Lipinski definition) is 2. The number of rotatable bonds is 2. The molecule has 4 nitrogen and oxygen atoms in total. The van der Waals surface area contributed by atoms with Crippen molar-refractivity contribution in [1.29, 1.82) is 0 Å². The maximum Gasteiger partial charge on any atom is 0.255 e. The van der Waals surface area contributed by atoms with Crippen molar-refractivity contribution in [2.45, 2.75) is 0 Å². The third-order valence-corrected chi connectivity index (χ3v) is 4.68. The number of carbonyl (C=O) groups is 2. The standard InChI is InChI=1S/C17H13Cl3N2O2/c18-11-5-6-12(14(20)9-11)17(24)21-7-8-22(16(23)10-21)15-4-2-1-3-13(15)19/h1-6,9H,7-8,10H2. The molecule has 2 aromatic rings. The van der Waals surface area contributed by atoms with Crippen LogP contribution in [0.15, 0.2) is 42.5 Å². The van der Waals surface area contributed by atoms with Crippen LogP contribution in [-0.2, 0) is 4.79 Å². The van der Waals surface area contributed by atoms with Gasteiger partial charge in [0.1, 0.15) is 6.54 Å². The molecule has 0 spiro atoms. The first kappa shape index (κ1) is 17.1. The SMILES string of the molecule is O=C(c1ccc(Cl)cc1Cl)N1CCN(c2ccccc2Cl)C(=O)C1. The van der Waals surface area contributed by atoms with Crippen molar-refractivity contribution in [3.63, 3.8) is 0 Å². The Kier molecular flexibility index (Phi) is 4.99. The van der Waals surface area contributed by atoms with Crippen LogP contribution in [0.1, 0.15) is 10.4 Å². The molecule has 0 N–H and O–H groups in total. The minimum atomic E-state index is -0.288. The van der Waals surface area contributed by atoms with Gasteiger partial charge >= 0.3 is 0 Å². The molecule has 1 aliphatic rings. The van der Waals surface area contributed by atoms with Crippen LogP contribution in [0.25, 0.3) is 0 Å². The predicted octanol–water partition coefficient (Wildman–Crippen LogP) is 4.14. The van der Waals surface area contributed by atoms with E-state index in [2.05, 4.69) is 0 Å². The summed E-state index contributed by atoms with van der Waals surface area (Å²) in [5, 5.41) is 1.23. The Morgan fingerprint density at radius 3 is 2.38 bits per heavy atom. The number of nitrogens with zero attached hydrogens (tertiary/aromatic N) is 2. The summed E-state index contributed by atoms with van der Waals surface area (Å²) in [5.74, 6) is -0.475. The summed E-state index contributed by atoms with van der Waals surface area (Å²) < 4.78 is 0. The number of halogens is 3. The van der Waals surface area contributed by atoms with E-state index < -0.39 is 0 Å². The summed E-state index contributed by atoms with van der Waals surface area (Å²) in [4.78, 5) is 28.1. The summed E-state index contributed by atoms with van der Waals surface area (Å²) in [5.41, 5.74) is 0.987. The highest BCUT2D eigenvalue weighted by Gasteiger charge is 2.30. The molecular weight excluding hydrogens is 371 g/mol. The Hall–Kier alpha value is -1.75. The van der Waals surface area contributed by atoms with E-state index >= 15 is 0 Å². The zero-order valence-electron chi connectivity index (χ0n) is 12.5. The van der Waals surface area contributed by atoms with Crippen LogP contribution in [0.3, 0.4) is 0 Å². The molecule has 1 heterocycles. The Morgan fingerprint density at radius 2 is 1.71 bits per heavy atom. The highest BCUT2D eigenvalue weighted by Crippen LogP contribution is 2.28. The molecule has 7 heteroatoms. The van der Waals surface area contributed by atoms with Gasteiger partial charge in [-0.3, -0.25) is 9.59 Å². The summed E-state index contributed by atoms with van der Waals surface area (Å²) in [6, 6.07) is 11.8. The second-order valence-corrected chi connectivity index (χ2v) is 6.60. The fraction of sp³-hybridized carbons (Fsp3) is 0.176. The molecule has 2 aromatic carbocycles. The summed E-state index contributed by atoms with van der Waals surface area (Å²) in [6.07, 6.45) is 0. The Labute approximate surface area is 154 Å². The minimum Gasteiger partial charge on any atom is -0.327 e. The van der Waals surface area contributed by atoms with E-state index in [0.29, 0.717) is 34.4 Å². The second-order valence-electron chi connectivity index (χ2n) is 5.35. The van der Waals surface area contributed by atoms with Crippen molar-refractivity contribution in [3.8, 4) is 0 Å². The molecule has 1 saturated heterocycles. The molecular formula is C17H13Cl3N2O2. The van der Waals surface area contributed by atoms with E-state index in [9.17, 15) is 9.59 Å². The lowest BCUT2D eigenvalue weighted by molar-refractivity contribution is -0.120. The number of amides is 2. The third kappa shape index (κ3) is 3.36. The molecule has 0 aliphatic carbocycles. The van der Waals surface area contributed by atoms with Crippen LogP contribution in [0.4, 0.5) is 5.69 Å². The van der Waals surface area contributed by atoms with Gasteiger partial charge in [-0.1, -0.05) is 46.9 Å². The van der Waals surface area contributed by atoms with Gasteiger partial charge in [-0.05, 0) is 30.3 Å². The highest BCUT2D eigenvalue weighted by molar-refractivity contribution is 6.37. The topological polar surface area (TPSA) is 40.6 Å².